The van der Waals surface area contributed by atoms with E-state index in [4.69, 9.17) is 5.73 Å². The summed E-state index contributed by atoms with van der Waals surface area (Å²) in [6, 6.07) is 7.87. The highest BCUT2D eigenvalue weighted by molar-refractivity contribution is 5.65. The normalized spacial score (nSPS) is 12.5. The molecule has 1 aromatic rings. The van der Waals surface area contributed by atoms with E-state index in [0.29, 0.717) is 5.92 Å². The van der Waals surface area contributed by atoms with Crippen molar-refractivity contribution in [1.29, 1.82) is 0 Å². The van der Waals surface area contributed by atoms with Crippen LogP contribution in [0.1, 0.15) is 20.3 Å². The lowest BCUT2D eigenvalue weighted by atomic mass is 10.1. The number of hydrogen-bond acceptors (Lipinski definition) is 2. The lowest BCUT2D eigenvalue weighted by Gasteiger charge is -2.12. The molecule has 2 heteroatoms. The van der Waals surface area contributed by atoms with Gasteiger partial charge in [0.1, 0.15) is 0 Å². The topological polar surface area (TPSA) is 38.0 Å². The molecule has 2 nitrogen and oxygen atoms in total. The Bertz CT molecular complexity index is 258. The number of benzene rings is 1. The fourth-order valence-electron chi connectivity index (χ4n) is 1.09. The largest absolute Gasteiger partial charge is 0.397 e. The first-order valence-electron chi connectivity index (χ1n) is 4.82. The molecule has 0 aliphatic heterocycles. The molecule has 0 radical (unpaired) electrons. The predicted octanol–water partition coefficient (Wildman–Crippen LogP) is 2.73. The van der Waals surface area contributed by atoms with Crippen LogP contribution in [0, 0.1) is 5.92 Å². The van der Waals surface area contributed by atoms with Crippen LogP contribution in [0.2, 0.25) is 0 Å². The molecule has 0 saturated carbocycles. The highest BCUT2D eigenvalue weighted by atomic mass is 14.9. The minimum absolute atomic E-state index is 0.694. The van der Waals surface area contributed by atoms with Crippen LogP contribution in [0.15, 0.2) is 24.3 Å². The summed E-state index contributed by atoms with van der Waals surface area (Å²) in [5, 5.41) is 3.34. The maximum atomic E-state index is 5.79. The molecule has 72 valence electrons. The third-order valence-corrected chi connectivity index (χ3v) is 2.30. The van der Waals surface area contributed by atoms with Crippen molar-refractivity contribution in [1.82, 2.24) is 0 Å². The first-order chi connectivity index (χ1) is 6.24. The van der Waals surface area contributed by atoms with E-state index >= 15 is 0 Å². The van der Waals surface area contributed by atoms with Gasteiger partial charge in [-0.15, -0.1) is 0 Å². The van der Waals surface area contributed by atoms with Crippen LogP contribution in [-0.2, 0) is 0 Å². The maximum absolute atomic E-state index is 5.79. The molecular formula is C11H18N2. The summed E-state index contributed by atoms with van der Waals surface area (Å²) >= 11 is 0. The van der Waals surface area contributed by atoms with Crippen LogP contribution in [-0.4, -0.2) is 6.54 Å². The van der Waals surface area contributed by atoms with Crippen LogP contribution in [0.25, 0.3) is 0 Å². The number of nitrogen functional groups attached to an aromatic ring is 1. The summed E-state index contributed by atoms with van der Waals surface area (Å²) in [5.74, 6) is 0.694. The first-order valence-corrected chi connectivity index (χ1v) is 4.82. The molecule has 0 amide bonds. The van der Waals surface area contributed by atoms with Gasteiger partial charge in [-0.2, -0.15) is 0 Å². The van der Waals surface area contributed by atoms with Crippen molar-refractivity contribution in [3.8, 4) is 0 Å². The third-order valence-electron chi connectivity index (χ3n) is 2.30. The van der Waals surface area contributed by atoms with Crippen LogP contribution in [0.4, 0.5) is 11.4 Å². The van der Waals surface area contributed by atoms with Crippen LogP contribution >= 0.6 is 0 Å². The van der Waals surface area contributed by atoms with E-state index in [1.807, 2.05) is 24.3 Å². The van der Waals surface area contributed by atoms with E-state index in [0.717, 1.165) is 17.9 Å². The molecule has 0 heterocycles. The van der Waals surface area contributed by atoms with E-state index in [9.17, 15) is 0 Å². The molecule has 0 aliphatic carbocycles. The van der Waals surface area contributed by atoms with E-state index in [2.05, 4.69) is 19.2 Å². The smallest absolute Gasteiger partial charge is 0.0573 e. The fourth-order valence-corrected chi connectivity index (χ4v) is 1.09. The van der Waals surface area contributed by atoms with Crippen molar-refractivity contribution >= 4 is 11.4 Å². The van der Waals surface area contributed by atoms with E-state index < -0.39 is 0 Å². The van der Waals surface area contributed by atoms with Gasteiger partial charge in [0.2, 0.25) is 0 Å². The standard InChI is InChI=1S/C11H18N2/c1-3-9(2)8-13-11-7-5-4-6-10(11)12/h4-7,9,13H,3,8,12H2,1-2H3. The van der Waals surface area contributed by atoms with Crippen LogP contribution in [0.5, 0.6) is 0 Å². The van der Waals surface area contributed by atoms with Gasteiger partial charge in [-0.05, 0) is 18.1 Å². The predicted molar refractivity (Wildman–Crippen MR) is 58.8 cm³/mol. The Morgan fingerprint density at radius 3 is 2.69 bits per heavy atom. The van der Waals surface area contributed by atoms with Gasteiger partial charge in [0.15, 0.2) is 0 Å². The molecule has 3 N–H and O–H groups in total. The zero-order chi connectivity index (χ0) is 9.68. The second kappa shape index (κ2) is 4.75. The Morgan fingerprint density at radius 1 is 1.38 bits per heavy atom. The van der Waals surface area contributed by atoms with Crippen molar-refractivity contribution < 1.29 is 0 Å². The molecule has 1 rings (SSSR count). The summed E-state index contributed by atoms with van der Waals surface area (Å²) in [7, 11) is 0. The van der Waals surface area contributed by atoms with Crippen molar-refractivity contribution in [2.24, 2.45) is 5.92 Å². The quantitative estimate of drug-likeness (QED) is 0.696. The molecule has 1 unspecified atom stereocenters. The number of para-hydroxylation sites is 2. The van der Waals surface area contributed by atoms with Crippen molar-refractivity contribution in [3.05, 3.63) is 24.3 Å². The van der Waals surface area contributed by atoms with Crippen molar-refractivity contribution in [2.75, 3.05) is 17.6 Å². The van der Waals surface area contributed by atoms with Gasteiger partial charge >= 0.3 is 0 Å². The highest BCUT2D eigenvalue weighted by Crippen LogP contribution is 2.17. The molecule has 0 fully saturated rings. The number of nitrogens with one attached hydrogen (secondary N) is 1. The van der Waals surface area contributed by atoms with Gasteiger partial charge in [-0.25, -0.2) is 0 Å². The van der Waals surface area contributed by atoms with Gasteiger partial charge in [-0.3, -0.25) is 0 Å². The van der Waals surface area contributed by atoms with E-state index in [-0.39, 0.29) is 0 Å². The lowest BCUT2D eigenvalue weighted by molar-refractivity contribution is 0.593. The molecule has 1 aromatic carbocycles. The summed E-state index contributed by atoms with van der Waals surface area (Å²) in [5.41, 5.74) is 7.65. The first kappa shape index (κ1) is 9.90. The molecule has 13 heavy (non-hydrogen) atoms. The SMILES string of the molecule is CCC(C)CNc1ccccc1N. The summed E-state index contributed by atoms with van der Waals surface area (Å²) in [6.45, 7) is 5.41. The minimum Gasteiger partial charge on any atom is -0.397 e. The number of anilines is 2. The zero-order valence-corrected chi connectivity index (χ0v) is 8.38. The van der Waals surface area contributed by atoms with Crippen molar-refractivity contribution in [2.45, 2.75) is 20.3 Å². The monoisotopic (exact) mass is 178 g/mol. The Kier molecular flexibility index (Phi) is 3.62. The second-order valence-corrected chi connectivity index (χ2v) is 3.48. The van der Waals surface area contributed by atoms with Gasteiger partial charge in [0.05, 0.1) is 11.4 Å². The molecule has 0 bridgehead atoms. The fraction of sp³-hybridized carbons (Fsp3) is 0.455. The average Bonchev–Trinajstić information content (AvgIpc) is 2.16. The molecule has 0 spiro atoms. The van der Waals surface area contributed by atoms with Crippen LogP contribution < -0.4 is 11.1 Å². The zero-order valence-electron chi connectivity index (χ0n) is 8.38. The maximum Gasteiger partial charge on any atom is 0.0573 e. The Labute approximate surface area is 80.1 Å². The number of hydrogen-bond donors (Lipinski definition) is 2. The van der Waals surface area contributed by atoms with Gasteiger partial charge in [0.25, 0.3) is 0 Å². The van der Waals surface area contributed by atoms with Crippen LogP contribution in [0.3, 0.4) is 0 Å². The molecule has 0 saturated heterocycles. The van der Waals surface area contributed by atoms with E-state index in [1.165, 1.54) is 6.42 Å². The molecule has 1 atom stereocenters. The summed E-state index contributed by atoms with van der Waals surface area (Å²) < 4.78 is 0. The Balaban J connectivity index is 2.50. The minimum atomic E-state index is 0.694. The van der Waals surface area contributed by atoms with Gasteiger partial charge < -0.3 is 11.1 Å². The van der Waals surface area contributed by atoms with E-state index in [1.54, 1.807) is 0 Å². The molecular weight excluding hydrogens is 160 g/mol. The van der Waals surface area contributed by atoms with Crippen molar-refractivity contribution in [3.63, 3.8) is 0 Å². The highest BCUT2D eigenvalue weighted by Gasteiger charge is 1.99. The number of rotatable bonds is 4. The summed E-state index contributed by atoms with van der Waals surface area (Å²) in [4.78, 5) is 0. The van der Waals surface area contributed by atoms with Gasteiger partial charge in [-0.1, -0.05) is 32.4 Å². The second-order valence-electron chi connectivity index (χ2n) is 3.48. The summed E-state index contributed by atoms with van der Waals surface area (Å²) in [6.07, 6.45) is 1.19. The average molecular weight is 178 g/mol. The Hall–Kier alpha value is -1.18. The molecule has 0 aromatic heterocycles. The number of nitrogens with two attached hydrogens (primary N) is 1. The molecule has 0 aliphatic rings. The lowest BCUT2D eigenvalue weighted by Crippen LogP contribution is -2.11. The Morgan fingerprint density at radius 2 is 2.08 bits per heavy atom. The third kappa shape index (κ3) is 2.98. The van der Waals surface area contributed by atoms with Gasteiger partial charge in [0, 0.05) is 6.54 Å².